The number of hydrogen-bond donors (Lipinski definition) is 0. The Morgan fingerprint density at radius 3 is 1.88 bits per heavy atom. The summed E-state index contributed by atoms with van der Waals surface area (Å²) in [6.07, 6.45) is 4.02. The van der Waals surface area contributed by atoms with E-state index in [9.17, 15) is 0 Å². The standard InChI is InChI=1S/C50H34N2/c1-50(2)45-20-10-8-17-39(45)44-27-42-37-16-7-6-15-36(37)41-26-31(23-24-38(41)43(42)28-46(44)50)32-25-33(30-51-29-32)35-19-12-22-48-49(35)40-18-9-11-21-47(40)52(48)34-13-4-3-5-14-34/h3-30H,1-2H3. The zero-order valence-electron chi connectivity index (χ0n) is 29.1. The molecule has 2 heterocycles. The van der Waals surface area contributed by atoms with Gasteiger partial charge < -0.3 is 4.57 Å². The lowest BCUT2D eigenvalue weighted by Crippen LogP contribution is -2.14. The maximum absolute atomic E-state index is 4.85. The molecule has 2 nitrogen and oxygen atoms in total. The first kappa shape index (κ1) is 29.2. The van der Waals surface area contributed by atoms with Gasteiger partial charge in [-0.15, -0.1) is 0 Å². The van der Waals surface area contributed by atoms with Crippen molar-refractivity contribution in [3.8, 4) is 39.1 Å². The van der Waals surface area contributed by atoms with Crippen molar-refractivity contribution in [3.63, 3.8) is 0 Å². The van der Waals surface area contributed by atoms with Crippen LogP contribution in [0.4, 0.5) is 0 Å². The van der Waals surface area contributed by atoms with Crippen LogP contribution >= 0.6 is 0 Å². The highest BCUT2D eigenvalue weighted by Gasteiger charge is 2.35. The lowest BCUT2D eigenvalue weighted by atomic mass is 9.81. The molecule has 0 saturated carbocycles. The van der Waals surface area contributed by atoms with Gasteiger partial charge in [0, 0.05) is 45.4 Å². The minimum Gasteiger partial charge on any atom is -0.309 e. The van der Waals surface area contributed by atoms with Crippen molar-refractivity contribution in [2.45, 2.75) is 19.3 Å². The third kappa shape index (κ3) is 4.04. The summed E-state index contributed by atoms with van der Waals surface area (Å²) in [5.41, 5.74) is 13.6. The van der Waals surface area contributed by atoms with E-state index in [2.05, 4.69) is 176 Å². The van der Waals surface area contributed by atoms with Gasteiger partial charge in [0.1, 0.15) is 0 Å². The molecule has 0 bridgehead atoms. The molecule has 8 aromatic carbocycles. The van der Waals surface area contributed by atoms with E-state index in [1.54, 1.807) is 0 Å². The Morgan fingerprint density at radius 2 is 1.04 bits per heavy atom. The van der Waals surface area contributed by atoms with Crippen LogP contribution in [0, 0.1) is 0 Å². The summed E-state index contributed by atoms with van der Waals surface area (Å²) in [5.74, 6) is 0. The van der Waals surface area contributed by atoms with Gasteiger partial charge >= 0.3 is 0 Å². The summed E-state index contributed by atoms with van der Waals surface area (Å²) >= 11 is 0. The summed E-state index contributed by atoms with van der Waals surface area (Å²) in [6.45, 7) is 4.73. The normalized spacial score (nSPS) is 13.3. The second-order valence-corrected chi connectivity index (χ2v) is 14.8. The predicted molar refractivity (Wildman–Crippen MR) is 220 cm³/mol. The smallest absolute Gasteiger partial charge is 0.0547 e. The van der Waals surface area contributed by atoms with E-state index >= 15 is 0 Å². The maximum atomic E-state index is 4.85. The molecule has 0 radical (unpaired) electrons. The highest BCUT2D eigenvalue weighted by Crippen LogP contribution is 2.51. The van der Waals surface area contributed by atoms with Crippen LogP contribution in [0.1, 0.15) is 25.0 Å². The van der Waals surface area contributed by atoms with Crippen LogP contribution in [-0.2, 0) is 5.41 Å². The molecule has 0 atom stereocenters. The molecule has 1 aliphatic carbocycles. The van der Waals surface area contributed by atoms with Crippen molar-refractivity contribution in [1.29, 1.82) is 0 Å². The van der Waals surface area contributed by atoms with Gasteiger partial charge in [-0.3, -0.25) is 4.98 Å². The molecule has 0 unspecified atom stereocenters. The fraction of sp³-hybridized carbons (Fsp3) is 0.0600. The molecule has 0 saturated heterocycles. The van der Waals surface area contributed by atoms with Gasteiger partial charge in [-0.25, -0.2) is 0 Å². The van der Waals surface area contributed by atoms with E-state index < -0.39 is 0 Å². The van der Waals surface area contributed by atoms with Crippen molar-refractivity contribution in [2.75, 3.05) is 0 Å². The van der Waals surface area contributed by atoms with Crippen LogP contribution in [0.15, 0.2) is 170 Å². The van der Waals surface area contributed by atoms with Gasteiger partial charge in [0.25, 0.3) is 0 Å². The summed E-state index contributed by atoms with van der Waals surface area (Å²) in [4.78, 5) is 4.85. The van der Waals surface area contributed by atoms with Crippen LogP contribution in [0.5, 0.6) is 0 Å². The number of aromatic nitrogens is 2. The topological polar surface area (TPSA) is 17.8 Å². The molecule has 244 valence electrons. The number of rotatable bonds is 3. The quantitative estimate of drug-likeness (QED) is 0.172. The highest BCUT2D eigenvalue weighted by molar-refractivity contribution is 6.26. The summed E-state index contributed by atoms with van der Waals surface area (Å²) in [6, 6.07) is 58.1. The Kier molecular flexibility index (Phi) is 6.04. The lowest BCUT2D eigenvalue weighted by Gasteiger charge is -2.22. The van der Waals surface area contributed by atoms with Gasteiger partial charge in [-0.2, -0.15) is 0 Å². The van der Waals surface area contributed by atoms with Gasteiger partial charge in [0.15, 0.2) is 0 Å². The molecule has 0 aliphatic heterocycles. The van der Waals surface area contributed by atoms with Crippen molar-refractivity contribution >= 4 is 54.1 Å². The van der Waals surface area contributed by atoms with Crippen LogP contribution in [-0.4, -0.2) is 9.55 Å². The molecule has 52 heavy (non-hydrogen) atoms. The zero-order chi connectivity index (χ0) is 34.6. The molecule has 0 amide bonds. The fourth-order valence-corrected chi connectivity index (χ4v) is 9.19. The molecular formula is C50H34N2. The number of fused-ring (bicyclic) bond motifs is 12. The Hall–Kier alpha value is -6.51. The molecule has 10 aromatic rings. The van der Waals surface area contributed by atoms with E-state index in [0.717, 1.165) is 16.8 Å². The van der Waals surface area contributed by atoms with Crippen molar-refractivity contribution < 1.29 is 0 Å². The molecule has 2 aromatic heterocycles. The fourth-order valence-electron chi connectivity index (χ4n) is 9.19. The average Bonchev–Trinajstić information content (AvgIpc) is 3.66. The number of nitrogens with zero attached hydrogens (tertiary/aromatic N) is 2. The van der Waals surface area contributed by atoms with Crippen LogP contribution < -0.4 is 0 Å². The first-order valence-corrected chi connectivity index (χ1v) is 18.1. The third-order valence-corrected chi connectivity index (χ3v) is 11.6. The third-order valence-electron chi connectivity index (χ3n) is 11.6. The van der Waals surface area contributed by atoms with Gasteiger partial charge in [0.05, 0.1) is 11.0 Å². The van der Waals surface area contributed by atoms with Crippen LogP contribution in [0.25, 0.3) is 93.2 Å². The van der Waals surface area contributed by atoms with Gasteiger partial charge in [0.2, 0.25) is 0 Å². The molecule has 0 spiro atoms. The first-order chi connectivity index (χ1) is 25.6. The highest BCUT2D eigenvalue weighted by atomic mass is 15.0. The molecular weight excluding hydrogens is 629 g/mol. The number of pyridine rings is 1. The van der Waals surface area contributed by atoms with E-state index in [1.165, 1.54) is 87.5 Å². The van der Waals surface area contributed by atoms with Gasteiger partial charge in [-0.1, -0.05) is 123 Å². The summed E-state index contributed by atoms with van der Waals surface area (Å²) in [7, 11) is 0. The molecule has 1 aliphatic rings. The van der Waals surface area contributed by atoms with E-state index in [0.29, 0.717) is 0 Å². The largest absolute Gasteiger partial charge is 0.309 e. The Balaban J connectivity index is 1.11. The van der Waals surface area contributed by atoms with E-state index in [1.807, 2.05) is 12.4 Å². The van der Waals surface area contributed by atoms with Crippen molar-refractivity contribution in [1.82, 2.24) is 9.55 Å². The number of benzene rings is 8. The van der Waals surface area contributed by atoms with E-state index in [4.69, 9.17) is 4.98 Å². The molecule has 0 N–H and O–H groups in total. The van der Waals surface area contributed by atoms with Crippen LogP contribution in [0.3, 0.4) is 0 Å². The van der Waals surface area contributed by atoms with Gasteiger partial charge in [-0.05, 0) is 114 Å². The monoisotopic (exact) mass is 662 g/mol. The van der Waals surface area contributed by atoms with Crippen molar-refractivity contribution in [2.24, 2.45) is 0 Å². The molecule has 11 rings (SSSR count). The summed E-state index contributed by atoms with van der Waals surface area (Å²) < 4.78 is 2.37. The Morgan fingerprint density at radius 1 is 0.404 bits per heavy atom. The lowest BCUT2D eigenvalue weighted by molar-refractivity contribution is 0.661. The predicted octanol–water partition coefficient (Wildman–Crippen LogP) is 13.3. The van der Waals surface area contributed by atoms with Crippen molar-refractivity contribution in [3.05, 3.63) is 181 Å². The number of para-hydroxylation sites is 2. The van der Waals surface area contributed by atoms with E-state index in [-0.39, 0.29) is 5.41 Å². The maximum Gasteiger partial charge on any atom is 0.0547 e. The molecule has 0 fully saturated rings. The molecule has 2 heteroatoms. The second-order valence-electron chi connectivity index (χ2n) is 14.8. The van der Waals surface area contributed by atoms with Crippen LogP contribution in [0.2, 0.25) is 0 Å². The first-order valence-electron chi connectivity index (χ1n) is 18.1. The Bertz CT molecular complexity index is 3090. The Labute approximate surface area is 302 Å². The number of hydrogen-bond acceptors (Lipinski definition) is 1. The zero-order valence-corrected chi connectivity index (χ0v) is 29.1. The second kappa shape index (κ2) is 10.7. The SMILES string of the molecule is CC1(C)c2ccccc2-c2cc3c4ccccc4c4cc(-c5cncc(-c6cccc7c6c6ccccc6n7-c6ccccc6)c5)ccc4c3cc21. The minimum atomic E-state index is -0.0552. The minimum absolute atomic E-state index is 0.0552. The summed E-state index contributed by atoms with van der Waals surface area (Å²) in [5, 5.41) is 10.2. The average molecular weight is 663 g/mol.